The van der Waals surface area contributed by atoms with Crippen LogP contribution in [0.1, 0.15) is 24.5 Å². The first kappa shape index (κ1) is 15.6. The summed E-state index contributed by atoms with van der Waals surface area (Å²) in [5.74, 6) is 5.17. The summed E-state index contributed by atoms with van der Waals surface area (Å²) in [6.07, 6.45) is 0.986. The molecule has 1 rings (SSSR count). The van der Waals surface area contributed by atoms with E-state index in [0.29, 0.717) is 24.3 Å². The van der Waals surface area contributed by atoms with Crippen molar-refractivity contribution in [3.8, 4) is 11.8 Å². The van der Waals surface area contributed by atoms with E-state index in [2.05, 4.69) is 11.8 Å². The highest BCUT2D eigenvalue weighted by Crippen LogP contribution is 2.11. The van der Waals surface area contributed by atoms with Crippen molar-refractivity contribution in [2.75, 3.05) is 26.4 Å². The minimum Gasteiger partial charge on any atom is -0.379 e. The lowest BCUT2D eigenvalue weighted by atomic mass is 10.1. The first-order valence-electron chi connectivity index (χ1n) is 6.40. The second-order valence-corrected chi connectivity index (χ2v) is 3.98. The number of ether oxygens (including phenoxy) is 2. The molecule has 104 valence electrons. The Balaban J connectivity index is 2.38. The lowest BCUT2D eigenvalue weighted by Gasteiger charge is -2.06. The summed E-state index contributed by atoms with van der Waals surface area (Å²) in [4.78, 5) is 0. The molecule has 0 radical (unpaired) electrons. The average molecular weight is 265 g/mol. The van der Waals surface area contributed by atoms with E-state index in [-0.39, 0.29) is 19.0 Å². The Kier molecular flexibility index (Phi) is 7.83. The van der Waals surface area contributed by atoms with Crippen molar-refractivity contribution in [1.29, 1.82) is 0 Å². The summed E-state index contributed by atoms with van der Waals surface area (Å²) in [5.41, 5.74) is 6.41. The quantitative estimate of drug-likeness (QED) is 0.606. The topological polar surface area (TPSA) is 44.5 Å². The third-order valence-electron chi connectivity index (χ3n) is 2.37. The van der Waals surface area contributed by atoms with E-state index >= 15 is 0 Å². The zero-order valence-electron chi connectivity index (χ0n) is 11.2. The molecule has 3 nitrogen and oxygen atoms in total. The maximum atomic E-state index is 13.7. The van der Waals surface area contributed by atoms with Crippen LogP contribution in [0.25, 0.3) is 0 Å². The molecule has 0 aromatic heterocycles. The van der Waals surface area contributed by atoms with Crippen molar-refractivity contribution in [2.24, 2.45) is 5.73 Å². The zero-order valence-corrected chi connectivity index (χ0v) is 11.2. The highest BCUT2D eigenvalue weighted by molar-refractivity contribution is 5.37. The molecule has 0 amide bonds. The van der Waals surface area contributed by atoms with Gasteiger partial charge < -0.3 is 15.2 Å². The fraction of sp³-hybridized carbons (Fsp3) is 0.467. The molecule has 0 spiro atoms. The predicted octanol–water partition coefficient (Wildman–Crippen LogP) is 2.08. The molecular formula is C15H20FNO2. The SMILES string of the molecule is CCCOCCOCc1ccc(C#CCN)cc1F. The van der Waals surface area contributed by atoms with E-state index in [9.17, 15) is 4.39 Å². The summed E-state index contributed by atoms with van der Waals surface area (Å²) in [5, 5.41) is 0. The molecule has 0 saturated carbocycles. The minimum absolute atomic E-state index is 0.242. The fourth-order valence-electron chi connectivity index (χ4n) is 1.44. The van der Waals surface area contributed by atoms with E-state index in [4.69, 9.17) is 15.2 Å². The first-order valence-corrected chi connectivity index (χ1v) is 6.40. The standard InChI is InChI=1S/C15H20FNO2/c1-2-8-18-9-10-19-12-14-6-5-13(4-3-7-17)11-15(14)16/h5-6,11H,2,7-10,12,17H2,1H3. The number of benzene rings is 1. The minimum atomic E-state index is -0.307. The Morgan fingerprint density at radius 1 is 1.21 bits per heavy atom. The number of hydrogen-bond acceptors (Lipinski definition) is 3. The number of halogens is 1. The Labute approximate surface area is 113 Å². The highest BCUT2D eigenvalue weighted by atomic mass is 19.1. The molecule has 1 aromatic carbocycles. The molecule has 0 fully saturated rings. The first-order chi connectivity index (χ1) is 9.27. The van der Waals surface area contributed by atoms with E-state index in [0.717, 1.165) is 13.0 Å². The second-order valence-electron chi connectivity index (χ2n) is 3.98. The van der Waals surface area contributed by atoms with Crippen molar-refractivity contribution >= 4 is 0 Å². The van der Waals surface area contributed by atoms with E-state index in [1.807, 2.05) is 6.92 Å². The van der Waals surface area contributed by atoms with Gasteiger partial charge >= 0.3 is 0 Å². The molecular weight excluding hydrogens is 245 g/mol. The van der Waals surface area contributed by atoms with Crippen LogP contribution in [0.4, 0.5) is 4.39 Å². The van der Waals surface area contributed by atoms with Gasteiger partial charge in [0.25, 0.3) is 0 Å². The molecule has 4 heteroatoms. The Morgan fingerprint density at radius 2 is 2.00 bits per heavy atom. The van der Waals surface area contributed by atoms with E-state index < -0.39 is 0 Å². The Morgan fingerprint density at radius 3 is 2.68 bits per heavy atom. The predicted molar refractivity (Wildman–Crippen MR) is 73.1 cm³/mol. The molecule has 19 heavy (non-hydrogen) atoms. The number of hydrogen-bond donors (Lipinski definition) is 1. The van der Waals surface area contributed by atoms with Crippen LogP contribution in [-0.2, 0) is 16.1 Å². The van der Waals surface area contributed by atoms with Crippen molar-refractivity contribution in [3.63, 3.8) is 0 Å². The van der Waals surface area contributed by atoms with Crippen LogP contribution in [0.2, 0.25) is 0 Å². The summed E-state index contributed by atoms with van der Waals surface area (Å²) in [7, 11) is 0. The largest absolute Gasteiger partial charge is 0.379 e. The maximum Gasteiger partial charge on any atom is 0.129 e. The molecule has 1 aromatic rings. The molecule has 0 atom stereocenters. The van der Waals surface area contributed by atoms with Crippen LogP contribution in [0, 0.1) is 17.7 Å². The van der Waals surface area contributed by atoms with Crippen LogP contribution in [0.3, 0.4) is 0 Å². The van der Waals surface area contributed by atoms with Gasteiger partial charge in [-0.1, -0.05) is 24.8 Å². The van der Waals surface area contributed by atoms with Gasteiger partial charge in [0.15, 0.2) is 0 Å². The summed E-state index contributed by atoms with van der Waals surface area (Å²) >= 11 is 0. The van der Waals surface area contributed by atoms with Gasteiger partial charge in [-0.3, -0.25) is 0 Å². The van der Waals surface area contributed by atoms with Crippen LogP contribution < -0.4 is 5.73 Å². The third kappa shape index (κ3) is 6.35. The molecule has 0 heterocycles. The van der Waals surface area contributed by atoms with Crippen LogP contribution >= 0.6 is 0 Å². The third-order valence-corrected chi connectivity index (χ3v) is 2.37. The van der Waals surface area contributed by atoms with Crippen LogP contribution in [-0.4, -0.2) is 26.4 Å². The average Bonchev–Trinajstić information content (AvgIpc) is 2.42. The van der Waals surface area contributed by atoms with Gasteiger partial charge in [0.1, 0.15) is 5.82 Å². The van der Waals surface area contributed by atoms with Gasteiger partial charge in [0, 0.05) is 17.7 Å². The monoisotopic (exact) mass is 265 g/mol. The lowest BCUT2D eigenvalue weighted by molar-refractivity contribution is 0.0399. The number of nitrogens with two attached hydrogens (primary N) is 1. The van der Waals surface area contributed by atoms with Crippen molar-refractivity contribution in [3.05, 3.63) is 35.1 Å². The van der Waals surface area contributed by atoms with Gasteiger partial charge in [-0.15, -0.1) is 0 Å². The van der Waals surface area contributed by atoms with Crippen LogP contribution in [0.15, 0.2) is 18.2 Å². The molecule has 0 bridgehead atoms. The molecule has 2 N–H and O–H groups in total. The van der Waals surface area contributed by atoms with Gasteiger partial charge in [-0.05, 0) is 18.6 Å². The molecule has 0 aliphatic carbocycles. The normalized spacial score (nSPS) is 10.1. The molecule has 0 aliphatic heterocycles. The maximum absolute atomic E-state index is 13.7. The summed E-state index contributed by atoms with van der Waals surface area (Å²) in [6.45, 7) is 4.29. The fourth-order valence-corrected chi connectivity index (χ4v) is 1.44. The highest BCUT2D eigenvalue weighted by Gasteiger charge is 2.02. The Hall–Kier alpha value is -1.41. The Bertz CT molecular complexity index is 438. The molecule has 0 unspecified atom stereocenters. The summed E-state index contributed by atoms with van der Waals surface area (Å²) in [6, 6.07) is 4.84. The smallest absolute Gasteiger partial charge is 0.129 e. The molecule has 0 saturated heterocycles. The van der Waals surface area contributed by atoms with Crippen molar-refractivity contribution < 1.29 is 13.9 Å². The van der Waals surface area contributed by atoms with E-state index in [1.165, 1.54) is 6.07 Å². The zero-order chi connectivity index (χ0) is 13.9. The van der Waals surface area contributed by atoms with Crippen molar-refractivity contribution in [2.45, 2.75) is 20.0 Å². The van der Waals surface area contributed by atoms with Gasteiger partial charge in [0.2, 0.25) is 0 Å². The van der Waals surface area contributed by atoms with Gasteiger partial charge in [0.05, 0.1) is 26.4 Å². The van der Waals surface area contributed by atoms with Gasteiger partial charge in [-0.2, -0.15) is 0 Å². The number of rotatable bonds is 7. The second kappa shape index (κ2) is 9.51. The van der Waals surface area contributed by atoms with Crippen molar-refractivity contribution in [1.82, 2.24) is 0 Å². The summed E-state index contributed by atoms with van der Waals surface area (Å²) < 4.78 is 24.3. The molecule has 0 aliphatic rings. The lowest BCUT2D eigenvalue weighted by Crippen LogP contribution is -2.05. The van der Waals surface area contributed by atoms with E-state index in [1.54, 1.807) is 12.1 Å². The van der Waals surface area contributed by atoms with Gasteiger partial charge in [-0.25, -0.2) is 4.39 Å². The van der Waals surface area contributed by atoms with Crippen LogP contribution in [0.5, 0.6) is 0 Å².